The molecule has 1 atom stereocenters. The van der Waals surface area contributed by atoms with Crippen LogP contribution in [0.25, 0.3) is 0 Å². The van der Waals surface area contributed by atoms with Crippen LogP contribution < -0.4 is 0 Å². The fraction of sp³-hybridized carbons (Fsp3) is 0.750. The van der Waals surface area contributed by atoms with E-state index in [0.29, 0.717) is 0 Å². The summed E-state index contributed by atoms with van der Waals surface area (Å²) < 4.78 is 4.86. The van der Waals surface area contributed by atoms with E-state index in [1.54, 1.807) is 20.8 Å². The van der Waals surface area contributed by atoms with Gasteiger partial charge in [0.25, 0.3) is 0 Å². The first-order valence-corrected chi connectivity index (χ1v) is 5.15. The number of ketones is 1. The van der Waals surface area contributed by atoms with Crippen LogP contribution >= 0.6 is 34.8 Å². The van der Waals surface area contributed by atoms with Gasteiger partial charge in [0.1, 0.15) is 5.60 Å². The molecule has 0 aromatic heterocycles. The summed E-state index contributed by atoms with van der Waals surface area (Å²) in [6.45, 7) is 4.99. The minimum absolute atomic E-state index is 0.696. The van der Waals surface area contributed by atoms with Gasteiger partial charge in [-0.05, 0) is 20.8 Å². The SMILES string of the molecule is CC(C)(C)OC(=O)C(Cl)C(=O)C(Cl)Cl. The second kappa shape index (κ2) is 5.19. The number of rotatable bonds is 3. The van der Waals surface area contributed by atoms with Crippen LogP contribution in [0.2, 0.25) is 0 Å². The second-order valence-electron chi connectivity index (χ2n) is 3.60. The molecule has 0 radical (unpaired) electrons. The molecule has 0 N–H and O–H groups in total. The van der Waals surface area contributed by atoms with Crippen LogP contribution in [-0.2, 0) is 14.3 Å². The summed E-state index contributed by atoms with van der Waals surface area (Å²) in [5.74, 6) is -1.61. The number of alkyl halides is 3. The number of ether oxygens (including phenoxy) is 1. The zero-order valence-electron chi connectivity index (χ0n) is 8.01. The topological polar surface area (TPSA) is 43.4 Å². The van der Waals surface area contributed by atoms with Crippen molar-refractivity contribution in [2.24, 2.45) is 0 Å². The van der Waals surface area contributed by atoms with Crippen LogP contribution in [0.1, 0.15) is 20.8 Å². The number of carbonyl (C=O) groups is 2. The highest BCUT2D eigenvalue weighted by atomic mass is 35.5. The molecule has 14 heavy (non-hydrogen) atoms. The van der Waals surface area contributed by atoms with E-state index in [1.165, 1.54) is 0 Å². The summed E-state index contributed by atoms with van der Waals surface area (Å²) in [5, 5.41) is -1.45. The third-order valence-corrected chi connectivity index (χ3v) is 1.90. The average molecular weight is 262 g/mol. The van der Waals surface area contributed by atoms with Gasteiger partial charge in [-0.1, -0.05) is 23.2 Å². The Morgan fingerprint density at radius 2 is 1.57 bits per heavy atom. The lowest BCUT2D eigenvalue weighted by Crippen LogP contribution is -2.35. The maximum atomic E-state index is 11.2. The van der Waals surface area contributed by atoms with E-state index >= 15 is 0 Å². The van der Waals surface area contributed by atoms with Gasteiger partial charge in [0.05, 0.1) is 0 Å². The number of esters is 1. The first-order chi connectivity index (χ1) is 6.15. The summed E-state index contributed by atoms with van der Waals surface area (Å²) in [7, 11) is 0. The van der Waals surface area contributed by atoms with Crippen molar-refractivity contribution in [2.45, 2.75) is 36.6 Å². The highest BCUT2D eigenvalue weighted by Gasteiger charge is 2.32. The number of Topliss-reactive ketones (excluding diaryl/α,β-unsaturated/α-hetero) is 1. The number of hydrogen-bond acceptors (Lipinski definition) is 3. The minimum atomic E-state index is -1.45. The molecule has 0 spiro atoms. The third-order valence-electron chi connectivity index (χ3n) is 1.08. The zero-order valence-corrected chi connectivity index (χ0v) is 10.3. The number of halogens is 3. The van der Waals surface area contributed by atoms with Crippen molar-refractivity contribution in [3.8, 4) is 0 Å². The maximum Gasteiger partial charge on any atom is 0.332 e. The van der Waals surface area contributed by atoms with E-state index in [1.807, 2.05) is 0 Å². The highest BCUT2D eigenvalue weighted by molar-refractivity contribution is 6.58. The predicted molar refractivity (Wildman–Crippen MR) is 56.0 cm³/mol. The fourth-order valence-electron chi connectivity index (χ4n) is 0.580. The Bertz CT molecular complexity index is 232. The standard InChI is InChI=1S/C8H11Cl3O3/c1-8(2,3)14-7(13)4(9)5(12)6(10)11/h4,6H,1-3H3. The molecule has 0 aliphatic carbocycles. The van der Waals surface area contributed by atoms with Crippen LogP contribution in [-0.4, -0.2) is 27.6 Å². The molecule has 0 bridgehead atoms. The molecule has 0 aliphatic rings. The van der Waals surface area contributed by atoms with Crippen LogP contribution in [0.15, 0.2) is 0 Å². The van der Waals surface area contributed by atoms with E-state index in [9.17, 15) is 9.59 Å². The summed E-state index contributed by atoms with van der Waals surface area (Å²) >= 11 is 16.0. The average Bonchev–Trinajstić information content (AvgIpc) is 1.98. The van der Waals surface area contributed by atoms with Crippen molar-refractivity contribution in [1.82, 2.24) is 0 Å². The predicted octanol–water partition coefficient (Wildman–Crippen LogP) is 2.31. The largest absolute Gasteiger partial charge is 0.459 e. The highest BCUT2D eigenvalue weighted by Crippen LogP contribution is 2.15. The Hall–Kier alpha value is 0.01000. The Balaban J connectivity index is 4.34. The molecule has 0 heterocycles. The molecule has 6 heteroatoms. The lowest BCUT2D eigenvalue weighted by molar-refractivity contribution is -0.155. The lowest BCUT2D eigenvalue weighted by Gasteiger charge is -2.21. The molecule has 0 fully saturated rings. The molecule has 3 nitrogen and oxygen atoms in total. The Kier molecular flexibility index (Phi) is 5.20. The first-order valence-electron chi connectivity index (χ1n) is 3.84. The van der Waals surface area contributed by atoms with Gasteiger partial charge < -0.3 is 4.74 Å². The first kappa shape index (κ1) is 14.0. The molecule has 0 saturated carbocycles. The second-order valence-corrected chi connectivity index (χ2v) is 5.13. The minimum Gasteiger partial charge on any atom is -0.459 e. The monoisotopic (exact) mass is 260 g/mol. The molecule has 82 valence electrons. The summed E-state index contributed by atoms with van der Waals surface area (Å²) in [6, 6.07) is 0. The molecule has 0 rings (SSSR count). The van der Waals surface area contributed by atoms with Crippen molar-refractivity contribution in [3.63, 3.8) is 0 Å². The van der Waals surface area contributed by atoms with Crippen LogP contribution in [0.5, 0.6) is 0 Å². The van der Waals surface area contributed by atoms with Gasteiger partial charge in [-0.2, -0.15) is 0 Å². The fourth-order valence-corrected chi connectivity index (χ4v) is 1.13. The molecule has 1 unspecified atom stereocenters. The number of carbonyl (C=O) groups excluding carboxylic acids is 2. The van der Waals surface area contributed by atoms with Gasteiger partial charge in [-0.15, -0.1) is 11.6 Å². The van der Waals surface area contributed by atoms with Crippen molar-refractivity contribution >= 4 is 46.6 Å². The zero-order chi connectivity index (χ0) is 11.5. The molecular formula is C8H11Cl3O3. The van der Waals surface area contributed by atoms with Crippen LogP contribution in [0.4, 0.5) is 0 Å². The van der Waals surface area contributed by atoms with E-state index in [2.05, 4.69) is 0 Å². The van der Waals surface area contributed by atoms with Gasteiger partial charge in [0, 0.05) is 0 Å². The molecule has 0 amide bonds. The maximum absolute atomic E-state index is 11.2. The summed E-state index contributed by atoms with van der Waals surface area (Å²) in [4.78, 5) is 21.0. The van der Waals surface area contributed by atoms with E-state index in [-0.39, 0.29) is 0 Å². The van der Waals surface area contributed by atoms with E-state index in [4.69, 9.17) is 39.5 Å². The van der Waals surface area contributed by atoms with Gasteiger partial charge in [0.15, 0.2) is 16.0 Å². The Morgan fingerprint density at radius 1 is 1.14 bits per heavy atom. The smallest absolute Gasteiger partial charge is 0.332 e. The van der Waals surface area contributed by atoms with E-state index < -0.39 is 27.6 Å². The molecule has 0 aliphatic heterocycles. The van der Waals surface area contributed by atoms with Crippen LogP contribution in [0, 0.1) is 0 Å². The Morgan fingerprint density at radius 3 is 1.86 bits per heavy atom. The van der Waals surface area contributed by atoms with Crippen LogP contribution in [0.3, 0.4) is 0 Å². The summed E-state index contributed by atoms with van der Waals surface area (Å²) in [5.41, 5.74) is -0.696. The van der Waals surface area contributed by atoms with Gasteiger partial charge >= 0.3 is 5.97 Å². The van der Waals surface area contributed by atoms with Crippen molar-refractivity contribution in [3.05, 3.63) is 0 Å². The molecular weight excluding hydrogens is 250 g/mol. The summed E-state index contributed by atoms with van der Waals surface area (Å²) in [6.07, 6.45) is 0. The van der Waals surface area contributed by atoms with Crippen molar-refractivity contribution < 1.29 is 14.3 Å². The van der Waals surface area contributed by atoms with Gasteiger partial charge in [-0.3, -0.25) is 4.79 Å². The van der Waals surface area contributed by atoms with Crippen molar-refractivity contribution in [1.29, 1.82) is 0 Å². The quantitative estimate of drug-likeness (QED) is 0.445. The Labute approximate surface area is 97.6 Å². The molecule has 0 aromatic carbocycles. The number of hydrogen-bond donors (Lipinski definition) is 0. The van der Waals surface area contributed by atoms with Gasteiger partial charge in [0.2, 0.25) is 0 Å². The normalized spacial score (nSPS) is 13.9. The molecule has 0 saturated heterocycles. The third kappa shape index (κ3) is 5.03. The van der Waals surface area contributed by atoms with Gasteiger partial charge in [-0.25, -0.2) is 4.79 Å². The molecule has 0 aromatic rings. The van der Waals surface area contributed by atoms with E-state index in [0.717, 1.165) is 0 Å². The van der Waals surface area contributed by atoms with Crippen molar-refractivity contribution in [2.75, 3.05) is 0 Å². The lowest BCUT2D eigenvalue weighted by atomic mass is 10.2.